The van der Waals surface area contributed by atoms with Gasteiger partial charge in [-0.2, -0.15) is 0 Å². The number of hydrogen-bond acceptors (Lipinski definition) is 2. The van der Waals surface area contributed by atoms with Crippen LogP contribution in [0.1, 0.15) is 5.56 Å². The van der Waals surface area contributed by atoms with Crippen LogP contribution in [0, 0.1) is 0 Å². The second-order valence-corrected chi connectivity index (χ2v) is 2.75. The number of carbonyl (C=O) groups is 1. The summed E-state index contributed by atoms with van der Waals surface area (Å²) in [4.78, 5) is 23.6. The third-order valence-corrected chi connectivity index (χ3v) is 1.60. The molecule has 4 nitrogen and oxygen atoms in total. The average molecular weight is 199 g/mol. The molecule has 0 bridgehead atoms. The third kappa shape index (κ3) is 2.76. The molecule has 1 aromatic rings. The number of primary amides is 1. The van der Waals surface area contributed by atoms with Gasteiger partial charge in [0.1, 0.15) is 5.02 Å². The monoisotopic (exact) mass is 198 g/mol. The van der Waals surface area contributed by atoms with Gasteiger partial charge in [0.05, 0.1) is 0 Å². The van der Waals surface area contributed by atoms with Crippen molar-refractivity contribution < 1.29 is 4.79 Å². The molecule has 68 valence electrons. The van der Waals surface area contributed by atoms with Crippen LogP contribution in [0.5, 0.6) is 0 Å². The second-order valence-electron chi connectivity index (χ2n) is 2.35. The van der Waals surface area contributed by atoms with Gasteiger partial charge in [-0.25, -0.2) is 0 Å². The van der Waals surface area contributed by atoms with Crippen molar-refractivity contribution in [1.82, 2.24) is 4.98 Å². The van der Waals surface area contributed by atoms with Gasteiger partial charge in [0.2, 0.25) is 5.91 Å². The maximum atomic E-state index is 10.8. The van der Waals surface area contributed by atoms with E-state index in [1.807, 2.05) is 0 Å². The molecule has 0 aliphatic carbocycles. The van der Waals surface area contributed by atoms with Crippen molar-refractivity contribution in [2.45, 2.75) is 0 Å². The Hall–Kier alpha value is -1.55. The molecule has 0 aromatic carbocycles. The van der Waals surface area contributed by atoms with Gasteiger partial charge in [-0.15, -0.1) is 0 Å². The zero-order valence-corrected chi connectivity index (χ0v) is 7.34. The second kappa shape index (κ2) is 3.91. The Balaban J connectivity index is 2.98. The number of pyridine rings is 1. The Kier molecular flexibility index (Phi) is 2.87. The van der Waals surface area contributed by atoms with Crippen molar-refractivity contribution >= 4 is 23.6 Å². The van der Waals surface area contributed by atoms with Crippen LogP contribution < -0.4 is 11.3 Å². The van der Waals surface area contributed by atoms with Gasteiger partial charge in [0, 0.05) is 12.3 Å². The van der Waals surface area contributed by atoms with Crippen molar-refractivity contribution in [3.8, 4) is 0 Å². The molecule has 1 aromatic heterocycles. The molecule has 1 rings (SSSR count). The Morgan fingerprint density at radius 2 is 2.31 bits per heavy atom. The number of H-pyrrole nitrogens is 1. The molecular weight excluding hydrogens is 192 g/mol. The highest BCUT2D eigenvalue weighted by Crippen LogP contribution is 2.05. The van der Waals surface area contributed by atoms with Crippen molar-refractivity contribution in [2.24, 2.45) is 5.73 Å². The molecule has 0 aliphatic rings. The summed E-state index contributed by atoms with van der Waals surface area (Å²) in [7, 11) is 0. The topological polar surface area (TPSA) is 76.0 Å². The molecule has 1 heterocycles. The maximum Gasteiger partial charge on any atom is 0.266 e. The van der Waals surface area contributed by atoms with E-state index in [0.29, 0.717) is 5.56 Å². The molecule has 3 N–H and O–H groups in total. The van der Waals surface area contributed by atoms with Crippen molar-refractivity contribution in [3.63, 3.8) is 0 Å². The van der Waals surface area contributed by atoms with Crippen LogP contribution in [0.4, 0.5) is 0 Å². The molecule has 0 atom stereocenters. The van der Waals surface area contributed by atoms with E-state index in [1.165, 1.54) is 24.4 Å². The summed E-state index contributed by atoms with van der Waals surface area (Å²) in [5.74, 6) is -0.553. The Morgan fingerprint density at radius 3 is 2.85 bits per heavy atom. The van der Waals surface area contributed by atoms with Crippen LogP contribution in [0.2, 0.25) is 5.02 Å². The number of amides is 1. The van der Waals surface area contributed by atoms with Gasteiger partial charge >= 0.3 is 0 Å². The predicted octanol–water partition coefficient (Wildman–Crippen LogP) is 0.527. The van der Waals surface area contributed by atoms with Gasteiger partial charge in [0.15, 0.2) is 0 Å². The van der Waals surface area contributed by atoms with E-state index < -0.39 is 5.91 Å². The average Bonchev–Trinajstić information content (AvgIpc) is 2.07. The summed E-state index contributed by atoms with van der Waals surface area (Å²) in [5, 5.41) is 0.0756. The number of rotatable bonds is 2. The summed E-state index contributed by atoms with van der Waals surface area (Å²) >= 11 is 5.54. The van der Waals surface area contributed by atoms with Crippen LogP contribution in [0.25, 0.3) is 6.08 Å². The summed E-state index contributed by atoms with van der Waals surface area (Å²) in [6.45, 7) is 0. The number of hydrogen-bond donors (Lipinski definition) is 2. The summed E-state index contributed by atoms with van der Waals surface area (Å²) in [5.41, 5.74) is 5.13. The highest BCUT2D eigenvalue weighted by atomic mass is 35.5. The zero-order valence-electron chi connectivity index (χ0n) is 6.58. The molecule has 5 heteroatoms. The number of halogens is 1. The summed E-state index contributed by atoms with van der Waals surface area (Å²) in [6, 6.07) is 1.44. The van der Waals surface area contributed by atoms with E-state index in [-0.39, 0.29) is 10.6 Å². The van der Waals surface area contributed by atoms with E-state index in [4.69, 9.17) is 17.3 Å². The SMILES string of the molecule is NC(=O)C=Cc1c[nH]c(=O)c(Cl)c1. The molecule has 0 fully saturated rings. The minimum Gasteiger partial charge on any atom is -0.366 e. The van der Waals surface area contributed by atoms with Crippen LogP contribution in [0.3, 0.4) is 0 Å². The smallest absolute Gasteiger partial charge is 0.266 e. The number of nitrogens with two attached hydrogens (primary N) is 1. The zero-order chi connectivity index (χ0) is 9.84. The molecule has 0 saturated heterocycles. The van der Waals surface area contributed by atoms with Gasteiger partial charge in [0.25, 0.3) is 5.56 Å². The Bertz CT molecular complexity index is 409. The highest BCUT2D eigenvalue weighted by molar-refractivity contribution is 6.30. The van der Waals surface area contributed by atoms with Gasteiger partial charge in [-0.05, 0) is 17.7 Å². The summed E-state index contributed by atoms with van der Waals surface area (Å²) in [6.07, 6.45) is 4.09. The minimum atomic E-state index is -0.553. The quantitative estimate of drug-likeness (QED) is 0.680. The highest BCUT2D eigenvalue weighted by Gasteiger charge is 1.95. The number of carbonyl (C=O) groups excluding carboxylic acids is 1. The number of aromatic amines is 1. The normalized spacial score (nSPS) is 10.5. The molecule has 0 radical (unpaired) electrons. The van der Waals surface area contributed by atoms with Crippen molar-refractivity contribution in [2.75, 3.05) is 0 Å². The van der Waals surface area contributed by atoms with E-state index in [0.717, 1.165) is 0 Å². The lowest BCUT2D eigenvalue weighted by molar-refractivity contribution is -0.113. The van der Waals surface area contributed by atoms with Gasteiger partial charge in [-0.3, -0.25) is 9.59 Å². The van der Waals surface area contributed by atoms with Gasteiger partial charge in [-0.1, -0.05) is 11.6 Å². The fourth-order valence-electron chi connectivity index (χ4n) is 0.746. The van der Waals surface area contributed by atoms with E-state index in [9.17, 15) is 9.59 Å². The predicted molar refractivity (Wildman–Crippen MR) is 50.3 cm³/mol. The number of aromatic nitrogens is 1. The van der Waals surface area contributed by atoms with Crippen LogP contribution >= 0.6 is 11.6 Å². The lowest BCUT2D eigenvalue weighted by Crippen LogP contribution is -2.06. The lowest BCUT2D eigenvalue weighted by Gasteiger charge is -1.92. The molecule has 1 amide bonds. The van der Waals surface area contributed by atoms with Crippen molar-refractivity contribution in [1.29, 1.82) is 0 Å². The first-order valence-corrected chi connectivity index (χ1v) is 3.83. The first kappa shape index (κ1) is 9.54. The first-order valence-electron chi connectivity index (χ1n) is 3.45. The maximum absolute atomic E-state index is 10.8. The molecule has 0 saturated carbocycles. The standard InChI is InChI=1S/C8H7ClN2O2/c9-6-3-5(1-2-7(10)12)4-11-8(6)13/h1-4H,(H2,10,12)(H,11,13). The molecule has 13 heavy (non-hydrogen) atoms. The fourth-order valence-corrected chi connectivity index (χ4v) is 0.926. The van der Waals surface area contributed by atoms with Gasteiger partial charge < -0.3 is 10.7 Å². The van der Waals surface area contributed by atoms with E-state index in [1.54, 1.807) is 0 Å². The van der Waals surface area contributed by atoms with Crippen LogP contribution in [0.15, 0.2) is 23.1 Å². The summed E-state index contributed by atoms with van der Waals surface area (Å²) < 4.78 is 0. The van der Waals surface area contributed by atoms with Crippen LogP contribution in [-0.2, 0) is 4.79 Å². The number of nitrogens with one attached hydrogen (secondary N) is 1. The van der Waals surface area contributed by atoms with E-state index >= 15 is 0 Å². The molecule has 0 aliphatic heterocycles. The molecule has 0 spiro atoms. The minimum absolute atomic E-state index is 0.0756. The third-order valence-electron chi connectivity index (χ3n) is 1.32. The molecular formula is C8H7ClN2O2. The first-order chi connectivity index (χ1) is 6.09. The lowest BCUT2D eigenvalue weighted by atomic mass is 10.2. The fraction of sp³-hybridized carbons (Fsp3) is 0. The largest absolute Gasteiger partial charge is 0.366 e. The van der Waals surface area contributed by atoms with E-state index in [2.05, 4.69) is 4.98 Å². The Labute approximate surface area is 79.0 Å². The van der Waals surface area contributed by atoms with Crippen molar-refractivity contribution in [3.05, 3.63) is 39.3 Å². The Morgan fingerprint density at radius 1 is 1.62 bits per heavy atom. The molecule has 0 unspecified atom stereocenters. The van der Waals surface area contributed by atoms with Crippen LogP contribution in [-0.4, -0.2) is 10.9 Å².